The molecule has 1 aromatic rings. The molecule has 104 valence electrons. The molecule has 1 atom stereocenters. The van der Waals surface area contributed by atoms with Crippen LogP contribution < -0.4 is 5.32 Å². The van der Waals surface area contributed by atoms with Gasteiger partial charge in [0.1, 0.15) is 0 Å². The zero-order valence-corrected chi connectivity index (χ0v) is 11.8. The highest BCUT2D eigenvalue weighted by atomic mass is 16.3. The second kappa shape index (κ2) is 5.74. The van der Waals surface area contributed by atoms with Crippen molar-refractivity contribution in [3.8, 4) is 0 Å². The number of hydrogen-bond acceptors (Lipinski definition) is 2. The van der Waals surface area contributed by atoms with Crippen LogP contribution in [0.15, 0.2) is 24.3 Å². The van der Waals surface area contributed by atoms with Crippen LogP contribution in [0.2, 0.25) is 0 Å². The highest BCUT2D eigenvalue weighted by molar-refractivity contribution is 5.95. The van der Waals surface area contributed by atoms with Crippen molar-refractivity contribution in [2.24, 2.45) is 5.41 Å². The molecule has 1 saturated carbocycles. The van der Waals surface area contributed by atoms with Crippen molar-refractivity contribution in [1.29, 1.82) is 0 Å². The van der Waals surface area contributed by atoms with Gasteiger partial charge in [-0.2, -0.15) is 0 Å². The molecule has 1 amide bonds. The molecule has 0 radical (unpaired) electrons. The van der Waals surface area contributed by atoms with Gasteiger partial charge in [-0.1, -0.05) is 31.9 Å². The molecule has 0 aromatic heterocycles. The number of benzene rings is 1. The molecule has 1 aromatic carbocycles. The summed E-state index contributed by atoms with van der Waals surface area (Å²) in [5.41, 5.74) is 1.43. The van der Waals surface area contributed by atoms with Crippen LogP contribution in [0.3, 0.4) is 0 Å². The minimum absolute atomic E-state index is 0.134. The lowest BCUT2D eigenvalue weighted by atomic mass is 9.82. The van der Waals surface area contributed by atoms with Gasteiger partial charge in [-0.25, -0.2) is 0 Å². The Morgan fingerprint density at radius 2 is 2.11 bits per heavy atom. The molecule has 1 unspecified atom stereocenters. The second-order valence-electron chi connectivity index (χ2n) is 5.60. The molecule has 1 aliphatic carbocycles. The van der Waals surface area contributed by atoms with E-state index in [9.17, 15) is 9.90 Å². The monoisotopic (exact) mass is 261 g/mol. The molecule has 1 aliphatic rings. The van der Waals surface area contributed by atoms with Crippen molar-refractivity contribution in [2.75, 3.05) is 5.32 Å². The number of hydrogen-bond donors (Lipinski definition) is 2. The number of amides is 1. The normalized spacial score (nSPS) is 19.1. The van der Waals surface area contributed by atoms with Gasteiger partial charge in [0.05, 0.1) is 6.10 Å². The summed E-state index contributed by atoms with van der Waals surface area (Å²) < 4.78 is 0. The van der Waals surface area contributed by atoms with Gasteiger partial charge in [0.2, 0.25) is 5.91 Å². The number of nitrogens with one attached hydrogen (secondary N) is 1. The number of carbonyl (C=O) groups excluding carboxylic acids is 1. The van der Waals surface area contributed by atoms with Crippen molar-refractivity contribution >= 4 is 11.6 Å². The third kappa shape index (κ3) is 2.98. The van der Waals surface area contributed by atoms with Crippen LogP contribution >= 0.6 is 0 Å². The van der Waals surface area contributed by atoms with E-state index >= 15 is 0 Å². The van der Waals surface area contributed by atoms with E-state index in [1.54, 1.807) is 6.92 Å². The molecule has 0 spiro atoms. The van der Waals surface area contributed by atoms with Crippen LogP contribution in [-0.2, 0) is 4.79 Å². The van der Waals surface area contributed by atoms with E-state index in [2.05, 4.69) is 12.2 Å². The van der Waals surface area contributed by atoms with Crippen LogP contribution in [0.5, 0.6) is 0 Å². The highest BCUT2D eigenvalue weighted by Crippen LogP contribution is 2.41. The molecule has 2 N–H and O–H groups in total. The number of rotatable bonds is 4. The summed E-state index contributed by atoms with van der Waals surface area (Å²) in [7, 11) is 0. The zero-order valence-electron chi connectivity index (χ0n) is 11.8. The lowest BCUT2D eigenvalue weighted by Crippen LogP contribution is -2.33. The van der Waals surface area contributed by atoms with Gasteiger partial charge in [0.25, 0.3) is 0 Å². The summed E-state index contributed by atoms with van der Waals surface area (Å²) in [6.45, 7) is 3.82. The van der Waals surface area contributed by atoms with E-state index < -0.39 is 6.10 Å². The SMILES string of the molecule is CCC1(C(=O)Nc2cccc(C(C)O)c2)CCCC1. The summed E-state index contributed by atoms with van der Waals surface area (Å²) in [4.78, 5) is 12.5. The fourth-order valence-corrected chi connectivity index (χ4v) is 2.93. The van der Waals surface area contributed by atoms with E-state index in [0.29, 0.717) is 0 Å². The molecule has 0 aliphatic heterocycles. The van der Waals surface area contributed by atoms with Crippen LogP contribution in [-0.4, -0.2) is 11.0 Å². The maximum absolute atomic E-state index is 12.5. The molecule has 3 nitrogen and oxygen atoms in total. The topological polar surface area (TPSA) is 49.3 Å². The van der Waals surface area contributed by atoms with E-state index in [4.69, 9.17) is 0 Å². The number of aliphatic hydroxyl groups is 1. The summed E-state index contributed by atoms with van der Waals surface area (Å²) in [6.07, 6.45) is 4.67. The van der Waals surface area contributed by atoms with Crippen molar-refractivity contribution in [3.63, 3.8) is 0 Å². The zero-order chi connectivity index (χ0) is 13.9. The van der Waals surface area contributed by atoms with E-state index in [1.165, 1.54) is 0 Å². The van der Waals surface area contributed by atoms with Crippen molar-refractivity contribution in [3.05, 3.63) is 29.8 Å². The average Bonchev–Trinajstić information content (AvgIpc) is 2.89. The standard InChI is InChI=1S/C16H23NO2/c1-3-16(9-4-5-10-16)15(19)17-14-8-6-7-13(11-14)12(2)18/h6-8,11-12,18H,3-5,9-10H2,1-2H3,(H,17,19). The molecule has 0 heterocycles. The summed E-state index contributed by atoms with van der Waals surface area (Å²) in [6, 6.07) is 7.46. The van der Waals surface area contributed by atoms with Gasteiger partial charge in [-0.15, -0.1) is 0 Å². The third-order valence-electron chi connectivity index (χ3n) is 4.35. The fraction of sp³-hybridized carbons (Fsp3) is 0.562. The van der Waals surface area contributed by atoms with Crippen molar-refractivity contribution in [2.45, 2.75) is 52.1 Å². The molecular formula is C16H23NO2. The number of carbonyl (C=O) groups is 1. The maximum atomic E-state index is 12.5. The summed E-state index contributed by atoms with van der Waals surface area (Å²) >= 11 is 0. The molecule has 1 fully saturated rings. The summed E-state index contributed by atoms with van der Waals surface area (Å²) in [5.74, 6) is 0.134. The molecule has 2 rings (SSSR count). The Bertz CT molecular complexity index is 448. The Morgan fingerprint density at radius 3 is 2.68 bits per heavy atom. The summed E-state index contributed by atoms with van der Waals surface area (Å²) in [5, 5.41) is 12.6. The average molecular weight is 261 g/mol. The molecule has 19 heavy (non-hydrogen) atoms. The largest absolute Gasteiger partial charge is 0.389 e. The maximum Gasteiger partial charge on any atom is 0.230 e. The van der Waals surface area contributed by atoms with Gasteiger partial charge in [-0.3, -0.25) is 4.79 Å². The minimum Gasteiger partial charge on any atom is -0.389 e. The lowest BCUT2D eigenvalue weighted by molar-refractivity contribution is -0.125. The first-order valence-corrected chi connectivity index (χ1v) is 7.17. The van der Waals surface area contributed by atoms with Gasteiger partial charge in [-0.05, 0) is 43.9 Å². The van der Waals surface area contributed by atoms with E-state index in [0.717, 1.165) is 43.4 Å². The van der Waals surface area contributed by atoms with E-state index in [1.807, 2.05) is 24.3 Å². The first kappa shape index (κ1) is 14.1. The Morgan fingerprint density at radius 1 is 1.42 bits per heavy atom. The first-order valence-electron chi connectivity index (χ1n) is 7.17. The first-order chi connectivity index (χ1) is 9.07. The van der Waals surface area contributed by atoms with Crippen molar-refractivity contribution in [1.82, 2.24) is 0 Å². The van der Waals surface area contributed by atoms with Gasteiger partial charge in [0, 0.05) is 11.1 Å². The molecular weight excluding hydrogens is 238 g/mol. The quantitative estimate of drug-likeness (QED) is 0.869. The molecule has 3 heteroatoms. The van der Waals surface area contributed by atoms with Gasteiger partial charge < -0.3 is 10.4 Å². The fourth-order valence-electron chi connectivity index (χ4n) is 2.93. The Hall–Kier alpha value is -1.35. The Balaban J connectivity index is 2.12. The minimum atomic E-state index is -0.511. The Kier molecular flexibility index (Phi) is 4.25. The highest BCUT2D eigenvalue weighted by Gasteiger charge is 2.39. The van der Waals surface area contributed by atoms with Gasteiger partial charge in [0.15, 0.2) is 0 Å². The number of aliphatic hydroxyl groups excluding tert-OH is 1. The van der Waals surface area contributed by atoms with Crippen molar-refractivity contribution < 1.29 is 9.90 Å². The molecule has 0 saturated heterocycles. The van der Waals surface area contributed by atoms with Crippen LogP contribution in [0, 0.1) is 5.41 Å². The smallest absolute Gasteiger partial charge is 0.230 e. The second-order valence-corrected chi connectivity index (χ2v) is 5.60. The van der Waals surface area contributed by atoms with Crippen LogP contribution in [0.4, 0.5) is 5.69 Å². The molecule has 0 bridgehead atoms. The van der Waals surface area contributed by atoms with Crippen LogP contribution in [0.1, 0.15) is 57.6 Å². The van der Waals surface area contributed by atoms with Crippen LogP contribution in [0.25, 0.3) is 0 Å². The van der Waals surface area contributed by atoms with Gasteiger partial charge >= 0.3 is 0 Å². The lowest BCUT2D eigenvalue weighted by Gasteiger charge is -2.26. The van der Waals surface area contributed by atoms with E-state index in [-0.39, 0.29) is 11.3 Å². The predicted molar refractivity (Wildman–Crippen MR) is 76.9 cm³/mol. The third-order valence-corrected chi connectivity index (χ3v) is 4.35. The predicted octanol–water partition coefficient (Wildman–Crippen LogP) is 3.65. The number of anilines is 1. The Labute approximate surface area is 115 Å².